The predicted octanol–water partition coefficient (Wildman–Crippen LogP) is 0.419. The molecule has 0 fully saturated rings. The zero-order chi connectivity index (χ0) is 26.3. The number of nitrogens with one attached hydrogen (secondary N) is 4. The zero-order valence-corrected chi connectivity index (χ0v) is 19.8. The van der Waals surface area contributed by atoms with E-state index in [0.29, 0.717) is 11.3 Å². The fraction of sp³-hybridized carbons (Fsp3) is 0.391. The molecule has 0 spiro atoms. The number of carbonyl (C=O) groups is 5. The molecule has 0 saturated heterocycles. The van der Waals surface area contributed by atoms with Crippen molar-refractivity contribution in [1.82, 2.24) is 16.0 Å². The predicted molar refractivity (Wildman–Crippen MR) is 126 cm³/mol. The molecule has 2 aromatic rings. The van der Waals surface area contributed by atoms with Gasteiger partial charge >= 0.3 is 11.6 Å². The summed E-state index contributed by atoms with van der Waals surface area (Å²) in [6, 6.07) is 3.23. The molecular weight excluding hydrogens is 460 g/mol. The van der Waals surface area contributed by atoms with Crippen LogP contribution in [0.15, 0.2) is 33.5 Å². The molecule has 0 aliphatic carbocycles. The zero-order valence-electron chi connectivity index (χ0n) is 19.8. The van der Waals surface area contributed by atoms with Crippen LogP contribution < -0.4 is 26.9 Å². The van der Waals surface area contributed by atoms with Crippen LogP contribution in [0.3, 0.4) is 0 Å². The van der Waals surface area contributed by atoms with Crippen LogP contribution in [0.4, 0.5) is 5.69 Å². The van der Waals surface area contributed by atoms with E-state index in [1.807, 2.05) is 0 Å². The number of hydrogen-bond donors (Lipinski definition) is 5. The highest BCUT2D eigenvalue weighted by molar-refractivity contribution is 5.99. The van der Waals surface area contributed by atoms with E-state index in [1.165, 1.54) is 32.9 Å². The third-order valence-corrected chi connectivity index (χ3v) is 5.06. The lowest BCUT2D eigenvalue weighted by Gasteiger charge is -2.20. The van der Waals surface area contributed by atoms with Crippen molar-refractivity contribution in [3.63, 3.8) is 0 Å². The number of anilines is 1. The third-order valence-electron chi connectivity index (χ3n) is 5.06. The van der Waals surface area contributed by atoms with Gasteiger partial charge in [0, 0.05) is 29.6 Å². The smallest absolute Gasteiger partial charge is 0.336 e. The summed E-state index contributed by atoms with van der Waals surface area (Å²) in [6.07, 6.45) is -0.648. The molecule has 5 N–H and O–H groups in total. The van der Waals surface area contributed by atoms with Crippen LogP contribution in [0.25, 0.3) is 11.0 Å². The number of hydrogen-bond acceptors (Lipinski definition) is 7. The minimum Gasteiger partial charge on any atom is -0.481 e. The summed E-state index contributed by atoms with van der Waals surface area (Å²) >= 11 is 0. The van der Waals surface area contributed by atoms with E-state index in [9.17, 15) is 28.8 Å². The quantitative estimate of drug-likeness (QED) is 0.298. The third kappa shape index (κ3) is 7.95. The number of amides is 4. The van der Waals surface area contributed by atoms with Crippen molar-refractivity contribution in [2.75, 3.05) is 5.32 Å². The first-order chi connectivity index (χ1) is 16.4. The van der Waals surface area contributed by atoms with Crippen LogP contribution in [0.5, 0.6) is 0 Å². The lowest BCUT2D eigenvalue weighted by Crippen LogP contribution is -2.54. The summed E-state index contributed by atoms with van der Waals surface area (Å²) in [7, 11) is 0. The number of carboxylic acids is 1. The van der Waals surface area contributed by atoms with E-state index in [4.69, 9.17) is 9.52 Å². The molecule has 188 valence electrons. The molecule has 2 rings (SSSR count). The van der Waals surface area contributed by atoms with E-state index >= 15 is 0 Å². The van der Waals surface area contributed by atoms with Crippen LogP contribution in [0, 0.1) is 6.92 Å². The summed E-state index contributed by atoms with van der Waals surface area (Å²) in [4.78, 5) is 70.9. The van der Waals surface area contributed by atoms with Gasteiger partial charge in [0.2, 0.25) is 23.6 Å². The minimum atomic E-state index is -1.14. The first-order valence-electron chi connectivity index (χ1n) is 10.8. The second-order valence-electron chi connectivity index (χ2n) is 8.09. The van der Waals surface area contributed by atoms with Crippen molar-refractivity contribution >= 4 is 46.3 Å². The molecule has 1 heterocycles. The topological polar surface area (TPSA) is 184 Å². The lowest BCUT2D eigenvalue weighted by atomic mass is 10.1. The van der Waals surface area contributed by atoms with Gasteiger partial charge in [-0.15, -0.1) is 0 Å². The summed E-state index contributed by atoms with van der Waals surface area (Å²) in [5.74, 6) is -3.57. The van der Waals surface area contributed by atoms with Crippen molar-refractivity contribution in [1.29, 1.82) is 0 Å². The first kappa shape index (κ1) is 27.0. The van der Waals surface area contributed by atoms with Gasteiger partial charge in [-0.2, -0.15) is 0 Å². The Hall–Kier alpha value is -4.22. The van der Waals surface area contributed by atoms with Crippen molar-refractivity contribution in [2.24, 2.45) is 0 Å². The van der Waals surface area contributed by atoms with Gasteiger partial charge in [0.1, 0.15) is 23.7 Å². The summed E-state index contributed by atoms with van der Waals surface area (Å²) < 4.78 is 5.16. The van der Waals surface area contributed by atoms with Crippen LogP contribution >= 0.6 is 0 Å². The van der Waals surface area contributed by atoms with Gasteiger partial charge in [0.25, 0.3) is 0 Å². The van der Waals surface area contributed by atoms with Crippen molar-refractivity contribution in [3.8, 4) is 0 Å². The standard InChI is InChI=1S/C23H28N4O8/c1-11-9-20(31)35-17-10-15(5-6-16(11)17)27-23(34)14(4)26-22(33)13(3)25-21(32)12(2)24-18(28)7-8-19(29)30/h5-6,9-10,12-14H,7-8H2,1-4H3,(H,24,28)(H,25,32)(H,26,33)(H,27,34)(H,29,30)/t12-,13+,14+/m1/s1. The van der Waals surface area contributed by atoms with Gasteiger partial charge in [0.05, 0.1) is 6.42 Å². The van der Waals surface area contributed by atoms with Crippen molar-refractivity contribution in [3.05, 3.63) is 40.2 Å². The fourth-order valence-electron chi connectivity index (χ4n) is 3.06. The van der Waals surface area contributed by atoms with Gasteiger partial charge in [0.15, 0.2) is 0 Å². The molecule has 1 aromatic heterocycles. The number of fused-ring (bicyclic) bond motifs is 1. The van der Waals surface area contributed by atoms with Gasteiger partial charge in [-0.25, -0.2) is 4.79 Å². The lowest BCUT2D eigenvalue weighted by molar-refractivity contribution is -0.139. The molecule has 4 amide bonds. The molecule has 12 heteroatoms. The van der Waals surface area contributed by atoms with Crippen LogP contribution in [0.2, 0.25) is 0 Å². The highest BCUT2D eigenvalue weighted by Gasteiger charge is 2.24. The minimum absolute atomic E-state index is 0.279. The fourth-order valence-corrected chi connectivity index (χ4v) is 3.06. The van der Waals surface area contributed by atoms with E-state index in [1.54, 1.807) is 19.1 Å². The number of carbonyl (C=O) groups excluding carboxylic acids is 4. The molecule has 0 saturated carbocycles. The van der Waals surface area contributed by atoms with Crippen molar-refractivity contribution in [2.45, 2.75) is 58.7 Å². The molecule has 0 aliphatic heterocycles. The number of rotatable bonds is 10. The Balaban J connectivity index is 1.89. The largest absolute Gasteiger partial charge is 0.481 e. The molecule has 0 unspecified atom stereocenters. The SMILES string of the molecule is Cc1cc(=O)oc2cc(NC(=O)[C@H](C)NC(=O)[C@H](C)NC(=O)[C@@H](C)NC(=O)CCC(=O)O)ccc12. The van der Waals surface area contributed by atoms with E-state index in [-0.39, 0.29) is 12.8 Å². The Bertz CT molecular complexity index is 1210. The van der Waals surface area contributed by atoms with Gasteiger partial charge in [-0.05, 0) is 45.4 Å². The maximum atomic E-state index is 12.5. The average molecular weight is 488 g/mol. The molecule has 3 atom stereocenters. The second-order valence-corrected chi connectivity index (χ2v) is 8.09. The van der Waals surface area contributed by atoms with Crippen LogP contribution in [0.1, 0.15) is 39.2 Å². The number of aliphatic carboxylic acids is 1. The Morgan fingerprint density at radius 3 is 2.03 bits per heavy atom. The molecule has 0 radical (unpaired) electrons. The molecule has 0 aliphatic rings. The van der Waals surface area contributed by atoms with Gasteiger partial charge in [-0.1, -0.05) is 0 Å². The van der Waals surface area contributed by atoms with Crippen molar-refractivity contribution < 1.29 is 33.5 Å². The number of aryl methyl sites for hydroxylation is 1. The second kappa shape index (κ2) is 11.8. The summed E-state index contributed by atoms with van der Waals surface area (Å²) in [5, 5.41) is 19.2. The molecular formula is C23H28N4O8. The van der Waals surface area contributed by atoms with E-state index in [2.05, 4.69) is 21.3 Å². The van der Waals surface area contributed by atoms with Gasteiger partial charge in [-0.3, -0.25) is 24.0 Å². The molecule has 12 nitrogen and oxygen atoms in total. The van der Waals surface area contributed by atoms with E-state index < -0.39 is 53.3 Å². The first-order valence-corrected chi connectivity index (χ1v) is 10.8. The molecule has 35 heavy (non-hydrogen) atoms. The Labute approximate surface area is 200 Å². The summed E-state index contributed by atoms with van der Waals surface area (Å²) in [6.45, 7) is 6.02. The number of benzene rings is 1. The highest BCUT2D eigenvalue weighted by Crippen LogP contribution is 2.20. The average Bonchev–Trinajstić information content (AvgIpc) is 2.76. The van der Waals surface area contributed by atoms with Crippen LogP contribution in [-0.2, 0) is 24.0 Å². The summed E-state index contributed by atoms with van der Waals surface area (Å²) in [5.41, 5.74) is 0.903. The monoisotopic (exact) mass is 488 g/mol. The molecule has 0 bridgehead atoms. The number of carboxylic acid groups (broad SMARTS) is 1. The Kier molecular flexibility index (Phi) is 9.09. The molecule has 1 aromatic carbocycles. The normalized spacial score (nSPS) is 13.3. The highest BCUT2D eigenvalue weighted by atomic mass is 16.4. The Morgan fingerprint density at radius 2 is 1.43 bits per heavy atom. The van der Waals surface area contributed by atoms with Gasteiger partial charge < -0.3 is 30.8 Å². The van der Waals surface area contributed by atoms with Crippen LogP contribution in [-0.4, -0.2) is 52.8 Å². The maximum absolute atomic E-state index is 12.5. The van der Waals surface area contributed by atoms with E-state index in [0.717, 1.165) is 10.9 Å². The Morgan fingerprint density at radius 1 is 0.857 bits per heavy atom. The maximum Gasteiger partial charge on any atom is 0.336 e.